The molecule has 126 valence electrons. The van der Waals surface area contributed by atoms with Gasteiger partial charge in [-0.25, -0.2) is 0 Å². The van der Waals surface area contributed by atoms with Crippen LogP contribution in [0.4, 0.5) is 0 Å². The molecule has 0 unspecified atom stereocenters. The summed E-state index contributed by atoms with van der Waals surface area (Å²) in [4.78, 5) is 11.6. The van der Waals surface area contributed by atoms with Crippen molar-refractivity contribution in [3.8, 4) is 22.2 Å². The van der Waals surface area contributed by atoms with Gasteiger partial charge >= 0.3 is 0 Å². The van der Waals surface area contributed by atoms with Crippen LogP contribution in [0.2, 0.25) is 0 Å². The molecule has 0 radical (unpaired) electrons. The summed E-state index contributed by atoms with van der Waals surface area (Å²) in [6.45, 7) is 7.03. The van der Waals surface area contributed by atoms with Crippen molar-refractivity contribution < 1.29 is 4.52 Å². The Morgan fingerprint density at radius 2 is 2.08 bits per heavy atom. The molecule has 0 bridgehead atoms. The van der Waals surface area contributed by atoms with Gasteiger partial charge in [0.25, 0.3) is 5.89 Å². The Bertz CT molecular complexity index is 814. The first kappa shape index (κ1) is 15.5. The Labute approximate surface area is 144 Å². The molecule has 3 aromatic rings. The van der Waals surface area contributed by atoms with Crippen LogP contribution in [0.15, 0.2) is 22.7 Å². The second-order valence-electron chi connectivity index (χ2n) is 6.17. The second kappa shape index (κ2) is 6.46. The lowest BCUT2D eigenvalue weighted by Gasteiger charge is -2.31. The second-order valence-corrected chi connectivity index (χ2v) is 7.46. The largest absolute Gasteiger partial charge is 0.332 e. The van der Waals surface area contributed by atoms with Crippen LogP contribution >= 0.6 is 11.3 Å². The molecule has 0 aromatic carbocycles. The molecular formula is C16H20N6OS. The van der Waals surface area contributed by atoms with Crippen molar-refractivity contribution in [2.75, 3.05) is 33.2 Å². The van der Waals surface area contributed by atoms with Gasteiger partial charge in [0.2, 0.25) is 0 Å². The molecule has 1 saturated heterocycles. The van der Waals surface area contributed by atoms with Crippen LogP contribution in [0.25, 0.3) is 22.2 Å². The number of thiophene rings is 1. The van der Waals surface area contributed by atoms with Crippen LogP contribution in [0, 0.1) is 6.92 Å². The van der Waals surface area contributed by atoms with Gasteiger partial charge in [0.05, 0.1) is 17.1 Å². The molecule has 1 fully saturated rings. The fourth-order valence-corrected chi connectivity index (χ4v) is 3.60. The quantitative estimate of drug-likeness (QED) is 0.782. The molecule has 4 heterocycles. The zero-order valence-corrected chi connectivity index (χ0v) is 14.6. The lowest BCUT2D eigenvalue weighted by atomic mass is 10.3. The molecule has 0 saturated carbocycles. The predicted molar refractivity (Wildman–Crippen MR) is 92.7 cm³/mol. The summed E-state index contributed by atoms with van der Waals surface area (Å²) in [6, 6.07) is 6.14. The van der Waals surface area contributed by atoms with Crippen LogP contribution in [0.5, 0.6) is 0 Å². The molecule has 8 heteroatoms. The van der Waals surface area contributed by atoms with Gasteiger partial charge in [-0.3, -0.25) is 10.00 Å². The number of aryl methyl sites for hydroxylation is 1. The number of nitrogens with one attached hydrogen (secondary N) is 1. The van der Waals surface area contributed by atoms with Gasteiger partial charge in [-0.2, -0.15) is 10.1 Å². The van der Waals surface area contributed by atoms with Gasteiger partial charge < -0.3 is 9.42 Å². The Hall–Kier alpha value is -2.03. The average Bonchev–Trinajstić information content (AvgIpc) is 3.29. The molecule has 0 aliphatic carbocycles. The highest BCUT2D eigenvalue weighted by atomic mass is 32.1. The van der Waals surface area contributed by atoms with Gasteiger partial charge in [0, 0.05) is 31.1 Å². The van der Waals surface area contributed by atoms with Gasteiger partial charge in [-0.05, 0) is 32.2 Å². The van der Waals surface area contributed by atoms with Gasteiger partial charge in [0.1, 0.15) is 0 Å². The average molecular weight is 344 g/mol. The summed E-state index contributed by atoms with van der Waals surface area (Å²) in [5.41, 5.74) is 1.66. The summed E-state index contributed by atoms with van der Waals surface area (Å²) >= 11 is 1.73. The maximum absolute atomic E-state index is 5.39. The lowest BCUT2D eigenvalue weighted by Crippen LogP contribution is -2.44. The van der Waals surface area contributed by atoms with Crippen LogP contribution < -0.4 is 0 Å². The van der Waals surface area contributed by atoms with E-state index in [2.05, 4.69) is 56.2 Å². The fourth-order valence-electron chi connectivity index (χ4n) is 2.76. The molecule has 1 aliphatic rings. The number of H-pyrrole nitrogens is 1. The molecular weight excluding hydrogens is 324 g/mol. The van der Waals surface area contributed by atoms with E-state index in [9.17, 15) is 0 Å². The molecule has 0 spiro atoms. The van der Waals surface area contributed by atoms with Gasteiger partial charge in [-0.15, -0.1) is 11.3 Å². The number of aromatic nitrogens is 4. The molecule has 1 N–H and O–H groups in total. The third-order valence-electron chi connectivity index (χ3n) is 4.23. The van der Waals surface area contributed by atoms with Crippen molar-refractivity contribution in [2.24, 2.45) is 0 Å². The topological polar surface area (TPSA) is 74.1 Å². The molecule has 0 atom stereocenters. The maximum atomic E-state index is 5.39. The van der Waals surface area contributed by atoms with Crippen molar-refractivity contribution in [3.05, 3.63) is 28.9 Å². The summed E-state index contributed by atoms with van der Waals surface area (Å²) in [5, 5.41) is 11.5. The summed E-state index contributed by atoms with van der Waals surface area (Å²) < 4.78 is 5.39. The van der Waals surface area contributed by atoms with Crippen molar-refractivity contribution in [2.45, 2.75) is 13.5 Å². The number of hydrogen-bond acceptors (Lipinski definition) is 7. The molecule has 7 nitrogen and oxygen atoms in total. The minimum Gasteiger partial charge on any atom is -0.332 e. The minimum absolute atomic E-state index is 0.468. The molecule has 0 amide bonds. The Kier molecular flexibility index (Phi) is 4.17. The van der Waals surface area contributed by atoms with Crippen LogP contribution in [-0.2, 0) is 6.54 Å². The number of piperazine rings is 1. The van der Waals surface area contributed by atoms with Crippen molar-refractivity contribution >= 4 is 11.3 Å². The fraction of sp³-hybridized carbons (Fsp3) is 0.438. The Balaban J connectivity index is 1.46. The SMILES string of the molecule is Cc1ccc(-c2cc(-c3nc(CN4CCN(C)CC4)no3)n[nH]2)s1. The first-order chi connectivity index (χ1) is 11.7. The van der Waals surface area contributed by atoms with Gasteiger partial charge in [0.15, 0.2) is 11.5 Å². The van der Waals surface area contributed by atoms with Gasteiger partial charge in [-0.1, -0.05) is 5.16 Å². The van der Waals surface area contributed by atoms with Crippen molar-refractivity contribution in [3.63, 3.8) is 0 Å². The van der Waals surface area contributed by atoms with Crippen LogP contribution in [0.3, 0.4) is 0 Å². The molecule has 1 aliphatic heterocycles. The van der Waals surface area contributed by atoms with Crippen LogP contribution in [-0.4, -0.2) is 63.4 Å². The zero-order valence-electron chi connectivity index (χ0n) is 13.8. The lowest BCUT2D eigenvalue weighted by molar-refractivity contribution is 0.144. The zero-order chi connectivity index (χ0) is 16.5. The van der Waals surface area contributed by atoms with E-state index in [1.54, 1.807) is 11.3 Å². The molecule has 24 heavy (non-hydrogen) atoms. The third kappa shape index (κ3) is 3.26. The highest BCUT2D eigenvalue weighted by Crippen LogP contribution is 2.28. The van der Waals surface area contributed by atoms with E-state index < -0.39 is 0 Å². The van der Waals surface area contributed by atoms with E-state index in [0.717, 1.165) is 43.3 Å². The third-order valence-corrected chi connectivity index (χ3v) is 5.27. The normalized spacial score (nSPS) is 16.8. The minimum atomic E-state index is 0.468. The van der Waals surface area contributed by atoms with E-state index in [0.29, 0.717) is 17.4 Å². The van der Waals surface area contributed by atoms with Crippen molar-refractivity contribution in [1.29, 1.82) is 0 Å². The number of aromatic amines is 1. The van der Waals surface area contributed by atoms with Crippen molar-refractivity contribution in [1.82, 2.24) is 30.1 Å². The molecule has 3 aromatic heterocycles. The Morgan fingerprint density at radius 3 is 2.83 bits per heavy atom. The van der Waals surface area contributed by atoms with E-state index in [-0.39, 0.29) is 0 Å². The number of nitrogens with zero attached hydrogens (tertiary/aromatic N) is 5. The maximum Gasteiger partial charge on any atom is 0.278 e. The van der Waals surface area contributed by atoms with E-state index >= 15 is 0 Å². The van der Waals surface area contributed by atoms with E-state index in [1.165, 1.54) is 4.88 Å². The van der Waals surface area contributed by atoms with E-state index in [1.807, 2.05) is 6.07 Å². The standard InChI is InChI=1S/C16H20N6OS/c1-11-3-4-14(24-11)12-9-13(19-18-12)16-17-15(20-23-16)10-22-7-5-21(2)6-8-22/h3-4,9H,5-8,10H2,1-2H3,(H,18,19). The molecule has 4 rings (SSSR count). The highest BCUT2D eigenvalue weighted by molar-refractivity contribution is 7.15. The van der Waals surface area contributed by atoms with Crippen LogP contribution in [0.1, 0.15) is 10.7 Å². The first-order valence-electron chi connectivity index (χ1n) is 8.03. The monoisotopic (exact) mass is 344 g/mol. The summed E-state index contributed by atoms with van der Waals surface area (Å²) in [7, 11) is 2.15. The predicted octanol–water partition coefficient (Wildman–Crippen LogP) is 2.24. The first-order valence-corrected chi connectivity index (χ1v) is 8.85. The summed E-state index contributed by atoms with van der Waals surface area (Å²) in [5.74, 6) is 1.18. The summed E-state index contributed by atoms with van der Waals surface area (Å²) in [6.07, 6.45) is 0. The number of hydrogen-bond donors (Lipinski definition) is 1. The number of rotatable bonds is 4. The van der Waals surface area contributed by atoms with E-state index in [4.69, 9.17) is 4.52 Å². The Morgan fingerprint density at radius 1 is 1.25 bits per heavy atom. The number of likely N-dealkylation sites (N-methyl/N-ethyl adjacent to an activating group) is 1. The highest BCUT2D eigenvalue weighted by Gasteiger charge is 2.18. The smallest absolute Gasteiger partial charge is 0.278 e.